The zero-order chi connectivity index (χ0) is 23.2. The topological polar surface area (TPSA) is 0 Å². The summed E-state index contributed by atoms with van der Waals surface area (Å²) in [4.78, 5) is 0. The van der Waals surface area contributed by atoms with Crippen LogP contribution in [0.3, 0.4) is 0 Å². The molecule has 0 spiro atoms. The van der Waals surface area contributed by atoms with E-state index in [9.17, 15) is 0 Å². The van der Waals surface area contributed by atoms with Crippen LogP contribution in [0.2, 0.25) is 0 Å². The molecule has 0 heteroatoms. The van der Waals surface area contributed by atoms with Gasteiger partial charge in [-0.1, -0.05) is 132 Å². The third-order valence-corrected chi connectivity index (χ3v) is 8.34. The van der Waals surface area contributed by atoms with Gasteiger partial charge in [0.15, 0.2) is 0 Å². The maximum absolute atomic E-state index is 2.41. The molecule has 2 unspecified atom stereocenters. The van der Waals surface area contributed by atoms with Gasteiger partial charge in [0.25, 0.3) is 0 Å². The summed E-state index contributed by atoms with van der Waals surface area (Å²) in [6, 6.07) is 40.2. The maximum Gasteiger partial charge on any atom is 0.0418 e. The van der Waals surface area contributed by atoms with Crippen molar-refractivity contribution in [1.82, 2.24) is 0 Å². The maximum atomic E-state index is 2.41. The zero-order valence-corrected chi connectivity index (χ0v) is 20.0. The van der Waals surface area contributed by atoms with Gasteiger partial charge in [0.1, 0.15) is 0 Å². The van der Waals surface area contributed by atoms with Gasteiger partial charge < -0.3 is 0 Å². The highest BCUT2D eigenvalue weighted by Gasteiger charge is 2.46. The van der Waals surface area contributed by atoms with E-state index in [4.69, 9.17) is 0 Å². The monoisotopic (exact) mass is 438 g/mol. The Morgan fingerprint density at radius 3 is 1.21 bits per heavy atom. The molecule has 2 aliphatic carbocycles. The van der Waals surface area contributed by atoms with Gasteiger partial charge in [-0.05, 0) is 60.1 Å². The Labute approximate surface area is 203 Å². The lowest BCUT2D eigenvalue weighted by Gasteiger charge is -2.40. The molecule has 4 aromatic rings. The first kappa shape index (κ1) is 20.9. The molecule has 4 aromatic carbocycles. The largest absolute Gasteiger partial charge is 0.0622 e. The first-order valence-corrected chi connectivity index (χ1v) is 12.3. The van der Waals surface area contributed by atoms with E-state index in [0.717, 1.165) is 12.8 Å². The van der Waals surface area contributed by atoms with E-state index < -0.39 is 0 Å². The fourth-order valence-corrected chi connectivity index (χ4v) is 6.70. The van der Waals surface area contributed by atoms with Crippen molar-refractivity contribution in [1.29, 1.82) is 0 Å². The minimum Gasteiger partial charge on any atom is -0.0622 e. The molecular formula is C34H30. The Kier molecular flexibility index (Phi) is 4.92. The number of hydrogen-bond donors (Lipinski definition) is 0. The van der Waals surface area contributed by atoms with Crippen LogP contribution < -0.4 is 0 Å². The Morgan fingerprint density at radius 2 is 0.794 bits per heavy atom. The second-order valence-electron chi connectivity index (χ2n) is 9.87. The molecule has 34 heavy (non-hydrogen) atoms. The van der Waals surface area contributed by atoms with E-state index in [-0.39, 0.29) is 10.8 Å². The van der Waals surface area contributed by atoms with E-state index in [1.54, 1.807) is 0 Å². The number of hydrogen-bond acceptors (Lipinski definition) is 0. The van der Waals surface area contributed by atoms with Crippen molar-refractivity contribution in [3.63, 3.8) is 0 Å². The van der Waals surface area contributed by atoms with Gasteiger partial charge in [-0.15, -0.1) is 0 Å². The molecular weight excluding hydrogens is 408 g/mol. The van der Waals surface area contributed by atoms with Crippen molar-refractivity contribution in [2.75, 3.05) is 0 Å². The highest BCUT2D eigenvalue weighted by atomic mass is 14.5. The second kappa shape index (κ2) is 7.99. The van der Waals surface area contributed by atoms with Crippen LogP contribution in [0, 0.1) is 0 Å². The molecule has 0 heterocycles. The first-order chi connectivity index (χ1) is 16.7. The molecule has 0 radical (unpaired) electrons. The molecule has 2 aliphatic rings. The summed E-state index contributed by atoms with van der Waals surface area (Å²) in [6.45, 7) is 4.65. The summed E-state index contributed by atoms with van der Waals surface area (Å²) in [5.41, 5.74) is 11.0. The molecule has 0 saturated carbocycles. The summed E-state index contributed by atoms with van der Waals surface area (Å²) in [5.74, 6) is 0. The predicted octanol–water partition coefficient (Wildman–Crippen LogP) is 8.57. The summed E-state index contributed by atoms with van der Waals surface area (Å²) in [7, 11) is 0. The zero-order valence-electron chi connectivity index (χ0n) is 20.0. The Hall–Kier alpha value is -3.64. The van der Waals surface area contributed by atoms with E-state index in [1.807, 2.05) is 0 Å². The highest BCUT2D eigenvalue weighted by molar-refractivity contribution is 5.74. The average Bonchev–Trinajstić information content (AvgIpc) is 3.34. The van der Waals surface area contributed by atoms with Crippen LogP contribution in [0.15, 0.2) is 120 Å². The Bertz CT molecular complexity index is 1300. The fourth-order valence-electron chi connectivity index (χ4n) is 6.70. The number of rotatable bonds is 5. The smallest absolute Gasteiger partial charge is 0.0418 e. The van der Waals surface area contributed by atoms with Gasteiger partial charge in [-0.3, -0.25) is 0 Å². The van der Waals surface area contributed by atoms with Crippen LogP contribution in [-0.4, -0.2) is 0 Å². The Balaban J connectivity index is 1.54. The van der Waals surface area contributed by atoms with Crippen LogP contribution in [-0.2, 0) is 10.8 Å². The van der Waals surface area contributed by atoms with E-state index in [1.165, 1.54) is 44.5 Å². The molecule has 0 N–H and O–H groups in total. The van der Waals surface area contributed by atoms with Crippen molar-refractivity contribution >= 4 is 12.2 Å². The fraction of sp³-hybridized carbons (Fsp3) is 0.176. The van der Waals surface area contributed by atoms with Crippen LogP contribution in [0.4, 0.5) is 0 Å². The molecule has 0 amide bonds. The van der Waals surface area contributed by atoms with Crippen molar-refractivity contribution in [2.45, 2.75) is 37.5 Å². The molecule has 0 aliphatic heterocycles. The van der Waals surface area contributed by atoms with Crippen LogP contribution in [0.25, 0.3) is 12.2 Å². The lowest BCUT2D eigenvalue weighted by Crippen LogP contribution is -2.34. The SMILES string of the molecule is CC1=Cc2ccccc2C1(CCC1(c2ccccc2)C(C)=Cc2ccccc21)c1ccccc1. The minimum atomic E-state index is -0.114. The number of allylic oxidation sites excluding steroid dienone is 2. The lowest BCUT2D eigenvalue weighted by molar-refractivity contribution is 0.451. The van der Waals surface area contributed by atoms with E-state index in [0.29, 0.717) is 0 Å². The van der Waals surface area contributed by atoms with E-state index in [2.05, 4.69) is 135 Å². The molecule has 6 rings (SSSR count). The third kappa shape index (κ3) is 2.91. The van der Waals surface area contributed by atoms with Crippen LogP contribution in [0.1, 0.15) is 60.1 Å². The van der Waals surface area contributed by atoms with Gasteiger partial charge in [0, 0.05) is 10.8 Å². The van der Waals surface area contributed by atoms with Crippen molar-refractivity contribution in [2.24, 2.45) is 0 Å². The van der Waals surface area contributed by atoms with Gasteiger partial charge in [0.2, 0.25) is 0 Å². The van der Waals surface area contributed by atoms with Gasteiger partial charge in [-0.25, -0.2) is 0 Å². The van der Waals surface area contributed by atoms with Crippen LogP contribution in [0.5, 0.6) is 0 Å². The summed E-state index contributed by atoms with van der Waals surface area (Å²) in [5, 5.41) is 0. The quantitative estimate of drug-likeness (QED) is 0.293. The van der Waals surface area contributed by atoms with Gasteiger partial charge in [0.05, 0.1) is 0 Å². The standard InChI is InChI=1S/C34H30/c1-25-23-27-13-9-11-19-31(27)33(25,29-15-5-3-6-16-29)21-22-34(30-17-7-4-8-18-30)26(2)24-28-14-10-12-20-32(28)34/h3-20,23-24H,21-22H2,1-2H3. The lowest BCUT2D eigenvalue weighted by atomic mass is 9.62. The molecule has 0 bridgehead atoms. The average molecular weight is 439 g/mol. The molecule has 2 atom stereocenters. The molecule has 166 valence electrons. The molecule has 0 nitrogen and oxygen atoms in total. The first-order valence-electron chi connectivity index (χ1n) is 12.3. The van der Waals surface area contributed by atoms with Crippen molar-refractivity contribution in [3.05, 3.63) is 154 Å². The minimum absolute atomic E-state index is 0.114. The normalized spacial score (nSPS) is 22.6. The summed E-state index contributed by atoms with van der Waals surface area (Å²) >= 11 is 0. The second-order valence-corrected chi connectivity index (χ2v) is 9.87. The van der Waals surface area contributed by atoms with E-state index >= 15 is 0 Å². The molecule has 0 saturated heterocycles. The summed E-state index contributed by atoms with van der Waals surface area (Å²) < 4.78 is 0. The van der Waals surface area contributed by atoms with Gasteiger partial charge >= 0.3 is 0 Å². The predicted molar refractivity (Wildman–Crippen MR) is 144 cm³/mol. The van der Waals surface area contributed by atoms with Crippen molar-refractivity contribution in [3.8, 4) is 0 Å². The van der Waals surface area contributed by atoms with Crippen molar-refractivity contribution < 1.29 is 0 Å². The Morgan fingerprint density at radius 1 is 0.441 bits per heavy atom. The summed E-state index contributed by atoms with van der Waals surface area (Å²) in [6.07, 6.45) is 6.90. The van der Waals surface area contributed by atoms with Crippen LogP contribution >= 0.6 is 0 Å². The molecule has 0 fully saturated rings. The molecule has 0 aromatic heterocycles. The van der Waals surface area contributed by atoms with Gasteiger partial charge in [-0.2, -0.15) is 0 Å². The number of fused-ring (bicyclic) bond motifs is 2. The highest BCUT2D eigenvalue weighted by Crippen LogP contribution is 2.55. The third-order valence-electron chi connectivity index (χ3n) is 8.34. The number of benzene rings is 4.